The van der Waals surface area contributed by atoms with E-state index in [-0.39, 0.29) is 30.4 Å². The number of para-hydroxylation sites is 1. The molecule has 0 spiro atoms. The zero-order valence-electron chi connectivity index (χ0n) is 16.0. The number of hydrogen-bond acceptors (Lipinski definition) is 6. The van der Waals surface area contributed by atoms with E-state index in [1.807, 2.05) is 9.80 Å². The summed E-state index contributed by atoms with van der Waals surface area (Å²) in [5.74, 6) is 0.600. The predicted octanol–water partition coefficient (Wildman–Crippen LogP) is 1.16. The van der Waals surface area contributed by atoms with Gasteiger partial charge in [0.15, 0.2) is 4.90 Å². The van der Waals surface area contributed by atoms with Crippen LogP contribution in [0, 0.1) is 16.0 Å². The number of nitrogens with zero attached hydrogens (tertiary/aromatic N) is 4. The smallest absolute Gasteiger partial charge is 0.289 e. The molecule has 0 aliphatic carbocycles. The average molecular weight is 410 g/mol. The summed E-state index contributed by atoms with van der Waals surface area (Å²) in [4.78, 5) is 26.6. The van der Waals surface area contributed by atoms with Crippen LogP contribution in [-0.4, -0.2) is 79.2 Å². The third-order valence-electron chi connectivity index (χ3n) is 5.38. The summed E-state index contributed by atoms with van der Waals surface area (Å²) in [6.45, 7) is 5.26. The largest absolute Gasteiger partial charge is 0.341 e. The van der Waals surface area contributed by atoms with Crippen molar-refractivity contribution in [3.63, 3.8) is 0 Å². The van der Waals surface area contributed by atoms with Crippen molar-refractivity contribution >= 4 is 21.6 Å². The van der Waals surface area contributed by atoms with Crippen LogP contribution in [0.15, 0.2) is 29.2 Å². The standard InChI is InChI=1S/C18H26N4O5S/c1-15-5-4-8-20(13-15)18(23)14-19-9-11-21(12-10-19)28(26,27)17-7-3-2-6-16(17)22(24)25/h2-3,6-7,15H,4-5,8-14H2,1H3/t15-/m0/s1. The number of nitro groups is 1. The second-order valence-electron chi connectivity index (χ2n) is 7.49. The van der Waals surface area contributed by atoms with Crippen LogP contribution in [-0.2, 0) is 14.8 Å². The topological polar surface area (TPSA) is 104 Å². The molecule has 10 heteroatoms. The molecule has 0 saturated carbocycles. The number of sulfonamides is 1. The molecular weight excluding hydrogens is 384 g/mol. The molecule has 1 atom stereocenters. The van der Waals surface area contributed by atoms with Gasteiger partial charge in [-0.15, -0.1) is 0 Å². The van der Waals surface area contributed by atoms with Crippen LogP contribution in [0.2, 0.25) is 0 Å². The van der Waals surface area contributed by atoms with Crippen molar-refractivity contribution < 1.29 is 18.1 Å². The van der Waals surface area contributed by atoms with E-state index in [4.69, 9.17) is 0 Å². The number of nitro benzene ring substituents is 1. The summed E-state index contributed by atoms with van der Waals surface area (Å²) < 4.78 is 27.0. The molecule has 1 aromatic rings. The van der Waals surface area contributed by atoms with Gasteiger partial charge in [0, 0.05) is 45.3 Å². The van der Waals surface area contributed by atoms with E-state index in [1.54, 1.807) is 0 Å². The molecule has 0 bridgehead atoms. The fourth-order valence-corrected chi connectivity index (χ4v) is 5.38. The molecule has 1 amide bonds. The van der Waals surface area contributed by atoms with Crippen molar-refractivity contribution in [3.8, 4) is 0 Å². The molecule has 2 aliphatic rings. The average Bonchev–Trinajstić information content (AvgIpc) is 2.68. The minimum Gasteiger partial charge on any atom is -0.341 e. The van der Waals surface area contributed by atoms with Gasteiger partial charge in [0.1, 0.15) is 0 Å². The SMILES string of the molecule is C[C@H]1CCCN(C(=O)CN2CCN(S(=O)(=O)c3ccccc3[N+](=O)[O-])CC2)C1. The van der Waals surface area contributed by atoms with E-state index in [9.17, 15) is 23.3 Å². The van der Waals surface area contributed by atoms with E-state index in [1.165, 1.54) is 28.6 Å². The highest BCUT2D eigenvalue weighted by molar-refractivity contribution is 7.89. The third-order valence-corrected chi connectivity index (χ3v) is 7.33. The Morgan fingerprint density at radius 2 is 1.86 bits per heavy atom. The first-order chi connectivity index (χ1) is 13.3. The van der Waals surface area contributed by atoms with Gasteiger partial charge in [-0.05, 0) is 24.8 Å². The quantitative estimate of drug-likeness (QED) is 0.533. The van der Waals surface area contributed by atoms with Crippen LogP contribution in [0.3, 0.4) is 0 Å². The zero-order chi connectivity index (χ0) is 20.3. The summed E-state index contributed by atoms with van der Waals surface area (Å²) in [7, 11) is -3.95. The van der Waals surface area contributed by atoms with Crippen LogP contribution < -0.4 is 0 Å². The molecule has 0 radical (unpaired) electrons. The maximum atomic E-state index is 12.9. The molecule has 2 heterocycles. The summed E-state index contributed by atoms with van der Waals surface area (Å²) in [6.07, 6.45) is 2.17. The van der Waals surface area contributed by atoms with Gasteiger partial charge in [-0.25, -0.2) is 8.42 Å². The number of amides is 1. The Labute approximate surface area is 165 Å². The van der Waals surface area contributed by atoms with Crippen molar-refractivity contribution in [2.75, 3.05) is 45.8 Å². The minimum atomic E-state index is -3.95. The van der Waals surface area contributed by atoms with Gasteiger partial charge in [0.05, 0.1) is 11.5 Å². The van der Waals surface area contributed by atoms with Crippen molar-refractivity contribution in [1.82, 2.24) is 14.1 Å². The van der Waals surface area contributed by atoms with Gasteiger partial charge >= 0.3 is 0 Å². The Bertz CT molecular complexity index is 836. The Kier molecular flexibility index (Phi) is 6.31. The summed E-state index contributed by atoms with van der Waals surface area (Å²) >= 11 is 0. The van der Waals surface area contributed by atoms with E-state index in [0.717, 1.165) is 25.9 Å². The molecule has 0 unspecified atom stereocenters. The van der Waals surface area contributed by atoms with Crippen molar-refractivity contribution in [3.05, 3.63) is 34.4 Å². The zero-order valence-corrected chi connectivity index (χ0v) is 16.8. The van der Waals surface area contributed by atoms with Crippen LogP contribution in [0.25, 0.3) is 0 Å². The first kappa shape index (κ1) is 20.7. The molecule has 2 aliphatic heterocycles. The molecule has 2 saturated heterocycles. The molecule has 0 N–H and O–H groups in total. The highest BCUT2D eigenvalue weighted by Gasteiger charge is 2.34. The number of carbonyl (C=O) groups excluding carboxylic acids is 1. The first-order valence-corrected chi connectivity index (χ1v) is 11.0. The van der Waals surface area contributed by atoms with Crippen molar-refractivity contribution in [1.29, 1.82) is 0 Å². The van der Waals surface area contributed by atoms with Gasteiger partial charge in [-0.1, -0.05) is 19.1 Å². The minimum absolute atomic E-state index is 0.0848. The Morgan fingerprint density at radius 3 is 2.50 bits per heavy atom. The first-order valence-electron chi connectivity index (χ1n) is 9.52. The number of piperazine rings is 1. The van der Waals surface area contributed by atoms with Gasteiger partial charge in [0.2, 0.25) is 15.9 Å². The maximum Gasteiger partial charge on any atom is 0.289 e. The normalized spacial score (nSPS) is 22.2. The van der Waals surface area contributed by atoms with Gasteiger partial charge in [-0.2, -0.15) is 4.31 Å². The highest BCUT2D eigenvalue weighted by Crippen LogP contribution is 2.27. The van der Waals surface area contributed by atoms with Crippen LogP contribution in [0.5, 0.6) is 0 Å². The van der Waals surface area contributed by atoms with Crippen LogP contribution in [0.4, 0.5) is 5.69 Å². The second-order valence-corrected chi connectivity index (χ2v) is 9.40. The summed E-state index contributed by atoms with van der Waals surface area (Å²) in [5.41, 5.74) is -0.417. The lowest BCUT2D eigenvalue weighted by molar-refractivity contribution is -0.387. The number of piperidine rings is 1. The predicted molar refractivity (Wildman–Crippen MR) is 103 cm³/mol. The van der Waals surface area contributed by atoms with Gasteiger partial charge in [0.25, 0.3) is 5.69 Å². The van der Waals surface area contributed by atoms with E-state index in [0.29, 0.717) is 19.0 Å². The lowest BCUT2D eigenvalue weighted by Gasteiger charge is -2.36. The van der Waals surface area contributed by atoms with E-state index in [2.05, 4.69) is 6.92 Å². The lowest BCUT2D eigenvalue weighted by Crippen LogP contribution is -2.52. The molecule has 3 rings (SSSR count). The van der Waals surface area contributed by atoms with Gasteiger partial charge < -0.3 is 4.90 Å². The van der Waals surface area contributed by atoms with Gasteiger partial charge in [-0.3, -0.25) is 19.8 Å². The fourth-order valence-electron chi connectivity index (χ4n) is 3.80. The van der Waals surface area contributed by atoms with Crippen molar-refractivity contribution in [2.45, 2.75) is 24.7 Å². The number of hydrogen-bond donors (Lipinski definition) is 0. The third kappa shape index (κ3) is 4.50. The van der Waals surface area contributed by atoms with Crippen LogP contribution in [0.1, 0.15) is 19.8 Å². The number of likely N-dealkylation sites (tertiary alicyclic amines) is 1. The summed E-state index contributed by atoms with van der Waals surface area (Å²) in [6, 6.07) is 5.39. The Balaban J connectivity index is 1.60. The molecule has 1 aromatic carbocycles. The number of rotatable bonds is 5. The number of carbonyl (C=O) groups is 1. The monoisotopic (exact) mass is 410 g/mol. The Morgan fingerprint density at radius 1 is 1.18 bits per heavy atom. The molecule has 0 aromatic heterocycles. The fraction of sp³-hybridized carbons (Fsp3) is 0.611. The van der Waals surface area contributed by atoms with Crippen LogP contribution >= 0.6 is 0 Å². The second kappa shape index (κ2) is 8.54. The van der Waals surface area contributed by atoms with E-state index >= 15 is 0 Å². The Hall–Kier alpha value is -2.04. The van der Waals surface area contributed by atoms with Crippen molar-refractivity contribution in [2.24, 2.45) is 5.92 Å². The molecule has 9 nitrogen and oxygen atoms in total. The molecular formula is C18H26N4O5S. The molecule has 154 valence electrons. The highest BCUT2D eigenvalue weighted by atomic mass is 32.2. The molecule has 2 fully saturated rings. The van der Waals surface area contributed by atoms with E-state index < -0.39 is 20.6 Å². The summed E-state index contributed by atoms with van der Waals surface area (Å²) in [5, 5.41) is 11.2. The maximum absolute atomic E-state index is 12.9. The lowest BCUT2D eigenvalue weighted by atomic mass is 10.0. The molecule has 28 heavy (non-hydrogen) atoms. The number of benzene rings is 1.